The van der Waals surface area contributed by atoms with E-state index in [0.717, 1.165) is 74.0 Å². The van der Waals surface area contributed by atoms with E-state index in [-0.39, 0.29) is 57.2 Å². The number of phenolic OH excluding ortho intramolecular Hbond substituents is 2. The third-order valence-corrected chi connectivity index (χ3v) is 16.3. The zero-order valence-electron chi connectivity index (χ0n) is 55.5. The summed E-state index contributed by atoms with van der Waals surface area (Å²) in [4.78, 5) is 77.1. The van der Waals surface area contributed by atoms with Crippen LogP contribution in [0.25, 0.3) is 44.5 Å². The average Bonchev–Trinajstić information content (AvgIpc) is 1.05. The molecule has 500 valence electrons. The molecule has 3 amide bonds. The van der Waals surface area contributed by atoms with Crippen LogP contribution in [0.4, 0.5) is 17.1 Å². The number of aromatic hydroxyl groups is 2. The van der Waals surface area contributed by atoms with Crippen LogP contribution in [0.1, 0.15) is 145 Å². The van der Waals surface area contributed by atoms with E-state index in [9.17, 15) is 44.1 Å². The first-order chi connectivity index (χ1) is 46.9. The number of anilines is 3. The van der Waals surface area contributed by atoms with Crippen molar-refractivity contribution in [3.63, 3.8) is 0 Å². The molecule has 98 heavy (non-hydrogen) atoms. The van der Waals surface area contributed by atoms with Crippen LogP contribution in [-0.4, -0.2) is 88.6 Å². The Labute approximate surface area is 569 Å². The molecule has 10 aromatic rings. The summed E-state index contributed by atoms with van der Waals surface area (Å²) >= 11 is 0. The van der Waals surface area contributed by atoms with Gasteiger partial charge in [0.15, 0.2) is 0 Å². The molecule has 9 aromatic carbocycles. The fraction of sp³-hybridized carbons (Fsp3) is 0.210. The lowest BCUT2D eigenvalue weighted by Gasteiger charge is -2.21. The predicted molar refractivity (Wildman–Crippen MR) is 378 cm³/mol. The SMILES string of the molecule is CC(C)(C)OC(=O)c1ccc(-c2ccccc2)cc1NC(=O)c1cc(C2CCOC2)ccc1O.Cc1ccc(-c2ccoc2)cc1C(=O)Nc1cc(-c2ccccc2)ccc1C(=O)OC(C)(C)C.O=C(Nc1cc(-c2ccccc2)ccc1C(=O)O)c1cc(C2CCOC2)ccc1O. The Bertz CT molecular complexity index is 4510. The number of ether oxygens (including phenoxy) is 4. The molecular formula is C81H77N3O14. The molecule has 3 heterocycles. The Kier molecular flexibility index (Phi) is 22.0. The Balaban J connectivity index is 0.000000160. The van der Waals surface area contributed by atoms with Gasteiger partial charge in [-0.3, -0.25) is 14.4 Å². The van der Waals surface area contributed by atoms with Crippen molar-refractivity contribution in [2.45, 2.75) is 84.3 Å². The first-order valence-electron chi connectivity index (χ1n) is 32.1. The van der Waals surface area contributed by atoms with Gasteiger partial charge in [-0.05, 0) is 190 Å². The fourth-order valence-corrected chi connectivity index (χ4v) is 11.2. The molecule has 2 aliphatic rings. The van der Waals surface area contributed by atoms with Gasteiger partial charge in [0.25, 0.3) is 17.7 Å². The molecule has 2 fully saturated rings. The molecule has 0 aliphatic carbocycles. The molecule has 0 radical (unpaired) electrons. The van der Waals surface area contributed by atoms with E-state index in [1.165, 1.54) is 18.2 Å². The normalized spacial score (nSPS) is 14.1. The molecule has 2 saturated heterocycles. The molecule has 6 N–H and O–H groups in total. The Morgan fingerprint density at radius 1 is 0.408 bits per heavy atom. The van der Waals surface area contributed by atoms with Crippen LogP contribution in [-0.2, 0) is 18.9 Å². The lowest BCUT2D eigenvalue weighted by Crippen LogP contribution is -2.25. The van der Waals surface area contributed by atoms with Crippen molar-refractivity contribution in [3.05, 3.63) is 269 Å². The van der Waals surface area contributed by atoms with E-state index >= 15 is 0 Å². The van der Waals surface area contributed by atoms with Gasteiger partial charge in [-0.1, -0.05) is 133 Å². The summed E-state index contributed by atoms with van der Waals surface area (Å²) in [6.07, 6.45) is 4.95. The van der Waals surface area contributed by atoms with E-state index in [1.54, 1.807) is 81.8 Å². The molecule has 2 atom stereocenters. The summed E-state index contributed by atoms with van der Waals surface area (Å²) in [6, 6.07) is 61.7. The second-order valence-electron chi connectivity index (χ2n) is 25.8. The lowest BCUT2D eigenvalue weighted by molar-refractivity contribution is 0.00580. The van der Waals surface area contributed by atoms with Crippen LogP contribution in [0.2, 0.25) is 0 Å². The number of esters is 2. The van der Waals surface area contributed by atoms with Crippen molar-refractivity contribution in [1.82, 2.24) is 0 Å². The van der Waals surface area contributed by atoms with Gasteiger partial charge in [-0.15, -0.1) is 0 Å². The number of carboxylic acids is 1. The van der Waals surface area contributed by atoms with Crippen LogP contribution in [0.5, 0.6) is 11.5 Å². The number of hydrogen-bond donors (Lipinski definition) is 6. The fourth-order valence-electron chi connectivity index (χ4n) is 11.2. The van der Waals surface area contributed by atoms with Crippen LogP contribution < -0.4 is 16.0 Å². The third kappa shape index (κ3) is 17.9. The number of rotatable bonds is 15. The summed E-state index contributed by atoms with van der Waals surface area (Å²) in [7, 11) is 0. The van der Waals surface area contributed by atoms with Crippen LogP contribution in [0.3, 0.4) is 0 Å². The summed E-state index contributed by atoms with van der Waals surface area (Å²) in [5, 5.41) is 38.6. The first-order valence-corrected chi connectivity index (χ1v) is 32.1. The minimum Gasteiger partial charge on any atom is -0.507 e. The summed E-state index contributed by atoms with van der Waals surface area (Å²) in [6.45, 7) is 15.2. The van der Waals surface area contributed by atoms with Gasteiger partial charge in [-0.2, -0.15) is 0 Å². The zero-order valence-corrected chi connectivity index (χ0v) is 55.5. The molecule has 0 bridgehead atoms. The van der Waals surface area contributed by atoms with Crippen LogP contribution >= 0.6 is 0 Å². The molecule has 12 rings (SSSR count). The van der Waals surface area contributed by atoms with E-state index in [2.05, 4.69) is 16.0 Å². The highest BCUT2D eigenvalue weighted by molar-refractivity contribution is 6.12. The van der Waals surface area contributed by atoms with Gasteiger partial charge in [0.1, 0.15) is 22.7 Å². The van der Waals surface area contributed by atoms with Gasteiger partial charge < -0.3 is 54.6 Å². The monoisotopic (exact) mass is 1320 g/mol. The van der Waals surface area contributed by atoms with Crippen molar-refractivity contribution >= 4 is 52.7 Å². The van der Waals surface area contributed by atoms with Crippen molar-refractivity contribution in [3.8, 4) is 56.0 Å². The predicted octanol–water partition coefficient (Wildman–Crippen LogP) is 17.4. The van der Waals surface area contributed by atoms with Gasteiger partial charge in [0.05, 0.1) is 70.6 Å². The third-order valence-electron chi connectivity index (χ3n) is 16.3. The maximum atomic E-state index is 13.4. The number of carbonyl (C=O) groups excluding carboxylic acids is 5. The number of phenols is 2. The largest absolute Gasteiger partial charge is 0.507 e. The van der Waals surface area contributed by atoms with Gasteiger partial charge in [-0.25, -0.2) is 14.4 Å². The number of carbonyl (C=O) groups is 6. The van der Waals surface area contributed by atoms with E-state index in [1.807, 2.05) is 167 Å². The zero-order chi connectivity index (χ0) is 69.7. The Hall–Kier alpha value is -11.4. The minimum absolute atomic E-state index is 0.0251. The summed E-state index contributed by atoms with van der Waals surface area (Å²) < 4.78 is 27.2. The highest BCUT2D eigenvalue weighted by Crippen LogP contribution is 2.36. The molecule has 1 aromatic heterocycles. The summed E-state index contributed by atoms with van der Waals surface area (Å²) in [5.41, 5.74) is 10.5. The maximum absolute atomic E-state index is 13.4. The number of carboxylic acid groups (broad SMARTS) is 1. The number of aryl methyl sites for hydroxylation is 1. The van der Waals surface area contributed by atoms with E-state index in [4.69, 9.17) is 23.4 Å². The minimum atomic E-state index is -1.15. The Morgan fingerprint density at radius 2 is 0.786 bits per heavy atom. The number of nitrogens with one attached hydrogen (secondary N) is 3. The number of aromatic carboxylic acids is 1. The standard InChI is InChI=1S/C29H27NO4.C28H29NO5.C24H21NO5/c1-19-10-11-21(23-14-15-33-18-23)16-25(19)27(31)30-26-17-22(20-8-6-5-7-9-20)12-13-24(26)28(32)34-29(2,3)4;1-28(2,3)34-27(32)22-11-9-20(18-7-5-4-6-8-18)16-24(22)29-26(31)23-15-19(10-12-25(23)30)21-13-14-33-17-21;26-22-9-7-16(18-10-11-30-14-18)12-20(22)23(27)25-21-13-17(6-8-19(21)24(28)29)15-4-2-1-3-5-15/h5-18H,1-4H3,(H,30,31);4-12,15-16,21,30H,13-14,17H2,1-3H3,(H,29,31);1-9,12-13,18,26H,10-11,14H2,(H,25,27)(H,28,29). The topological polar surface area (TPSA) is 249 Å². The van der Waals surface area contributed by atoms with Gasteiger partial charge >= 0.3 is 17.9 Å². The smallest absolute Gasteiger partial charge is 0.340 e. The molecule has 2 unspecified atom stereocenters. The summed E-state index contributed by atoms with van der Waals surface area (Å²) in [5.74, 6) is -3.49. The quantitative estimate of drug-likeness (QED) is 0.0523. The van der Waals surface area contributed by atoms with Crippen LogP contribution in [0.15, 0.2) is 223 Å². The molecule has 17 nitrogen and oxygen atoms in total. The average molecular weight is 1320 g/mol. The van der Waals surface area contributed by atoms with Crippen LogP contribution in [0, 0.1) is 6.92 Å². The second kappa shape index (κ2) is 31.0. The first kappa shape index (κ1) is 69.4. The van der Waals surface area contributed by atoms with Crippen molar-refractivity contribution < 1.29 is 67.5 Å². The van der Waals surface area contributed by atoms with Gasteiger partial charge in [0, 0.05) is 36.2 Å². The number of hydrogen-bond acceptors (Lipinski definition) is 13. The van der Waals surface area contributed by atoms with E-state index in [0.29, 0.717) is 48.9 Å². The lowest BCUT2D eigenvalue weighted by atomic mass is 9.96. The molecule has 0 saturated carbocycles. The molecule has 0 spiro atoms. The van der Waals surface area contributed by atoms with E-state index < -0.39 is 40.9 Å². The van der Waals surface area contributed by atoms with Gasteiger partial charge in [0.2, 0.25) is 0 Å². The van der Waals surface area contributed by atoms with Crippen molar-refractivity contribution in [1.29, 1.82) is 0 Å². The second-order valence-corrected chi connectivity index (χ2v) is 25.8. The molecule has 2 aliphatic heterocycles. The number of amides is 3. The highest BCUT2D eigenvalue weighted by Gasteiger charge is 2.28. The number of furan rings is 1. The maximum Gasteiger partial charge on any atom is 0.340 e. The highest BCUT2D eigenvalue weighted by atomic mass is 16.6. The van der Waals surface area contributed by atoms with Crippen molar-refractivity contribution in [2.24, 2.45) is 0 Å². The van der Waals surface area contributed by atoms with Crippen molar-refractivity contribution in [2.75, 3.05) is 42.4 Å². The number of benzene rings is 9. The molecule has 17 heteroatoms. The Morgan fingerprint density at radius 3 is 1.15 bits per heavy atom. The molecular weight excluding hydrogens is 1240 g/mol.